The summed E-state index contributed by atoms with van der Waals surface area (Å²) in [6, 6.07) is 52.8. The van der Waals surface area contributed by atoms with E-state index < -0.39 is 0 Å². The smallest absolute Gasteiger partial charge is 0.0555 e. The predicted octanol–water partition coefficient (Wildman–Crippen LogP) is 9.77. The first-order chi connectivity index (χ1) is 23.8. The van der Waals surface area contributed by atoms with Crippen molar-refractivity contribution in [3.05, 3.63) is 179 Å². The summed E-state index contributed by atoms with van der Waals surface area (Å²) in [5.41, 5.74) is 8.97. The molecule has 0 atom stereocenters. The summed E-state index contributed by atoms with van der Waals surface area (Å²) < 4.78 is 0. The number of fused-ring (bicyclic) bond motifs is 6. The largest absolute Gasteiger partial charge is 0.344 e. The molecule has 3 aliphatic carbocycles. The number of benzene rings is 7. The fourth-order valence-electron chi connectivity index (χ4n) is 9.21. The molecule has 0 aromatic heterocycles. The Morgan fingerprint density at radius 1 is 0.241 bits per heavy atom. The molecule has 0 spiro atoms. The fraction of sp³-hybridized carbons (Fsp3) is 0.182. The van der Waals surface area contributed by atoms with Gasteiger partial charge in [-0.15, -0.1) is 0 Å². The minimum Gasteiger partial charge on any atom is -0.344 e. The lowest BCUT2D eigenvalue weighted by molar-refractivity contribution is -0.194. The van der Waals surface area contributed by atoms with Gasteiger partial charge in [-0.05, 0) is 65.7 Å². The average molecular weight is 725 g/mol. The van der Waals surface area contributed by atoms with Crippen LogP contribution < -0.4 is 36.9 Å². The third kappa shape index (κ3) is 6.77. The third-order valence-corrected chi connectivity index (χ3v) is 10.9. The Balaban J connectivity index is 0.000000178. The van der Waals surface area contributed by atoms with Crippen molar-refractivity contribution in [1.29, 1.82) is 0 Å². The van der Waals surface area contributed by atoms with E-state index >= 15 is 0 Å². The molecule has 10 heteroatoms. The van der Waals surface area contributed by atoms with Crippen LogP contribution in [0.5, 0.6) is 0 Å². The highest BCUT2D eigenvalue weighted by molar-refractivity contribution is 6.25. The van der Waals surface area contributed by atoms with E-state index in [2.05, 4.69) is 165 Å². The number of nitrogens with zero attached hydrogens (tertiary/aromatic N) is 4. The molecule has 4 heterocycles. The highest BCUT2D eigenvalue weighted by Crippen LogP contribution is 2.55. The van der Waals surface area contributed by atoms with E-state index in [1.165, 1.54) is 106 Å². The fourth-order valence-corrected chi connectivity index (χ4v) is 9.21. The van der Waals surface area contributed by atoms with E-state index in [4.69, 9.17) is 0 Å². The van der Waals surface area contributed by atoms with Crippen LogP contribution in [0, 0.1) is 0 Å². The first-order valence-corrected chi connectivity index (χ1v) is 17.2. The van der Waals surface area contributed by atoms with E-state index in [1.54, 1.807) is 0 Å². The molecule has 10 nitrogen and oxygen atoms in total. The second-order valence-electron chi connectivity index (χ2n) is 13.9. The van der Waals surface area contributed by atoms with Gasteiger partial charge in [0.25, 0.3) is 0 Å². The van der Waals surface area contributed by atoms with Crippen molar-refractivity contribution < 1.29 is 0 Å². The summed E-state index contributed by atoms with van der Waals surface area (Å²) in [6.45, 7) is 7.12. The van der Waals surface area contributed by atoms with E-state index in [9.17, 15) is 0 Å². The maximum atomic E-state index is 2.47. The van der Waals surface area contributed by atoms with Crippen LogP contribution in [0.25, 0.3) is 32.3 Å². The van der Waals surface area contributed by atoms with E-state index in [1.807, 2.05) is 0 Å². The summed E-state index contributed by atoms with van der Waals surface area (Å²) >= 11 is 0. The van der Waals surface area contributed by atoms with Crippen molar-refractivity contribution in [2.75, 3.05) is 40.0 Å². The number of hydrogen-bond donors (Lipinski definition) is 6. The summed E-state index contributed by atoms with van der Waals surface area (Å²) in [6.07, 6.45) is 0. The molecule has 0 saturated carbocycles. The lowest BCUT2D eigenvalue weighted by Crippen LogP contribution is -2.71. The molecule has 18 N–H and O–H groups in total. The molecule has 6 bridgehead atoms. The predicted molar refractivity (Wildman–Crippen MR) is 227 cm³/mol. The molecule has 7 aliphatic rings. The zero-order valence-electron chi connectivity index (χ0n) is 31.3. The van der Waals surface area contributed by atoms with Crippen molar-refractivity contribution in [2.45, 2.75) is 11.8 Å². The van der Waals surface area contributed by atoms with Gasteiger partial charge in [0.1, 0.15) is 0 Å². The van der Waals surface area contributed by atoms with Gasteiger partial charge in [-0.2, -0.15) is 0 Å². The standard InChI is InChI=1S/C20H14.C18H12.C6H12N4.6H3N/c1-2-8-14-13(7-1)19-15-9-3-5-11-17(15)20(14)18-12-6-4-10-16(18)19;1-2-8-14-13(7-1)15-9-3-4-11-17(15)18-12-6-5-10-16(14)18;1-7-2-9-4-8(1)5-10(3-7)6-9;;;;;;/h1-12,19-20H;1-12H;1-6H2;6*1H3. The van der Waals surface area contributed by atoms with Gasteiger partial charge in [0.15, 0.2) is 0 Å². The van der Waals surface area contributed by atoms with Crippen LogP contribution in [0.15, 0.2) is 146 Å². The molecule has 4 fully saturated rings. The Hall–Kier alpha value is -5.08. The van der Waals surface area contributed by atoms with Crippen molar-refractivity contribution in [1.82, 2.24) is 56.5 Å². The second-order valence-corrected chi connectivity index (χ2v) is 13.9. The van der Waals surface area contributed by atoms with Crippen LogP contribution in [-0.2, 0) is 0 Å². The minimum atomic E-state index is 0. The molecule has 4 aliphatic heterocycles. The molecule has 282 valence electrons. The van der Waals surface area contributed by atoms with Gasteiger partial charge in [-0.25, -0.2) is 0 Å². The maximum absolute atomic E-state index is 2.47. The van der Waals surface area contributed by atoms with Crippen LogP contribution in [0.1, 0.15) is 45.2 Å². The molecule has 4 saturated heterocycles. The Morgan fingerprint density at radius 2 is 0.389 bits per heavy atom. The summed E-state index contributed by atoms with van der Waals surface area (Å²) in [5, 5.41) is 8.04. The van der Waals surface area contributed by atoms with Gasteiger partial charge in [0.05, 0.1) is 40.0 Å². The van der Waals surface area contributed by atoms with E-state index in [0.29, 0.717) is 11.8 Å². The van der Waals surface area contributed by atoms with Gasteiger partial charge in [0, 0.05) is 11.8 Å². The van der Waals surface area contributed by atoms with Crippen molar-refractivity contribution in [3.8, 4) is 0 Å². The number of rotatable bonds is 0. The van der Waals surface area contributed by atoms with Crippen molar-refractivity contribution in [2.24, 2.45) is 0 Å². The Bertz CT molecular complexity index is 1880. The van der Waals surface area contributed by atoms with Crippen molar-refractivity contribution >= 4 is 32.3 Å². The zero-order valence-corrected chi connectivity index (χ0v) is 31.3. The minimum absolute atomic E-state index is 0. The van der Waals surface area contributed by atoms with Crippen LogP contribution in [0.2, 0.25) is 0 Å². The monoisotopic (exact) mass is 724 g/mol. The first-order valence-electron chi connectivity index (χ1n) is 17.2. The lowest BCUT2D eigenvalue weighted by atomic mass is 9.61. The van der Waals surface area contributed by atoms with Crippen LogP contribution in [0.4, 0.5) is 0 Å². The SMILES string of the molecule is C1N2CN3CN1CN(C2)C3.N.N.N.N.N.N.c1ccc2c(c1)C1c3ccccc3C2c2ccccc21.c1ccc2c(c1)c1ccccc1c1ccccc21. The zero-order chi connectivity index (χ0) is 31.6. The molecular weight excluding hydrogens is 669 g/mol. The lowest BCUT2D eigenvalue weighted by Gasteiger charge is -2.56. The normalized spacial score (nSPS) is 22.2. The quantitative estimate of drug-likeness (QED) is 0.0812. The highest BCUT2D eigenvalue weighted by atomic mass is 15.7. The Kier molecular flexibility index (Phi) is 13.1. The summed E-state index contributed by atoms with van der Waals surface area (Å²) in [7, 11) is 0. The molecule has 7 aromatic rings. The molecule has 14 rings (SSSR count). The van der Waals surface area contributed by atoms with Gasteiger partial charge >= 0.3 is 0 Å². The third-order valence-electron chi connectivity index (χ3n) is 10.9. The van der Waals surface area contributed by atoms with E-state index in [0.717, 1.165) is 0 Å². The average Bonchev–Trinajstić information content (AvgIpc) is 3.15. The summed E-state index contributed by atoms with van der Waals surface area (Å²) in [5.74, 6) is 0.840. The topological polar surface area (TPSA) is 223 Å². The molecule has 0 amide bonds. The Morgan fingerprint density at radius 3 is 0.556 bits per heavy atom. The van der Waals surface area contributed by atoms with Crippen LogP contribution in [0.3, 0.4) is 0 Å². The van der Waals surface area contributed by atoms with Gasteiger partial charge in [0.2, 0.25) is 0 Å². The first kappa shape index (κ1) is 41.7. The van der Waals surface area contributed by atoms with Crippen LogP contribution >= 0.6 is 0 Å². The van der Waals surface area contributed by atoms with Gasteiger partial charge in [-0.3, -0.25) is 19.6 Å². The second kappa shape index (κ2) is 16.9. The molecule has 0 unspecified atom stereocenters. The van der Waals surface area contributed by atoms with E-state index in [-0.39, 0.29) is 36.9 Å². The maximum Gasteiger partial charge on any atom is 0.0555 e. The van der Waals surface area contributed by atoms with Gasteiger partial charge < -0.3 is 36.9 Å². The Labute approximate surface area is 318 Å². The molecular formula is C44H56N10. The van der Waals surface area contributed by atoms with Gasteiger partial charge in [-0.1, -0.05) is 146 Å². The summed E-state index contributed by atoms with van der Waals surface area (Å²) in [4.78, 5) is 9.88. The van der Waals surface area contributed by atoms with Crippen molar-refractivity contribution in [3.63, 3.8) is 0 Å². The van der Waals surface area contributed by atoms with Crippen LogP contribution in [-0.4, -0.2) is 59.6 Å². The molecule has 54 heavy (non-hydrogen) atoms. The molecule has 0 radical (unpaired) electrons. The highest BCUT2D eigenvalue weighted by Gasteiger charge is 2.40. The number of hydrogen-bond acceptors (Lipinski definition) is 10. The molecule has 7 aromatic carbocycles.